The van der Waals surface area contributed by atoms with E-state index in [0.29, 0.717) is 17.9 Å². The predicted molar refractivity (Wildman–Crippen MR) is 82.7 cm³/mol. The molecular weight excluding hydrogens is 323 g/mol. The number of rotatable bonds is 6. The molecule has 0 fully saturated rings. The van der Waals surface area contributed by atoms with Crippen molar-refractivity contribution in [2.75, 3.05) is 18.6 Å². The van der Waals surface area contributed by atoms with Gasteiger partial charge >= 0.3 is 0 Å². The van der Waals surface area contributed by atoms with E-state index in [1.807, 2.05) is 0 Å². The van der Waals surface area contributed by atoms with Crippen LogP contribution in [0.4, 0.5) is 4.39 Å². The lowest BCUT2D eigenvalue weighted by Crippen LogP contribution is -2.27. The van der Waals surface area contributed by atoms with Gasteiger partial charge in [-0.2, -0.15) is 0 Å². The van der Waals surface area contributed by atoms with Crippen LogP contribution in [-0.4, -0.2) is 47.6 Å². The first-order valence-electron chi connectivity index (χ1n) is 6.92. The molecule has 9 heteroatoms. The SMILES string of the molecule is Cc1nc(C(=O)NCCCS(C)(=O)=O)nn1-c1ccc(F)cc1. The third-order valence-corrected chi connectivity index (χ3v) is 4.05. The van der Waals surface area contributed by atoms with E-state index in [2.05, 4.69) is 15.4 Å². The number of carbonyl (C=O) groups is 1. The van der Waals surface area contributed by atoms with Crippen molar-refractivity contribution >= 4 is 15.7 Å². The second-order valence-corrected chi connectivity index (χ2v) is 7.37. The summed E-state index contributed by atoms with van der Waals surface area (Å²) in [6.07, 6.45) is 1.46. The zero-order chi connectivity index (χ0) is 17.0. The monoisotopic (exact) mass is 340 g/mol. The maximum Gasteiger partial charge on any atom is 0.290 e. The van der Waals surface area contributed by atoms with Gasteiger partial charge in [-0.25, -0.2) is 22.5 Å². The average Bonchev–Trinajstić information content (AvgIpc) is 2.85. The Kier molecular flexibility index (Phi) is 5.09. The highest BCUT2D eigenvalue weighted by atomic mass is 32.2. The summed E-state index contributed by atoms with van der Waals surface area (Å²) >= 11 is 0. The van der Waals surface area contributed by atoms with Crippen LogP contribution in [0.2, 0.25) is 0 Å². The normalized spacial score (nSPS) is 11.4. The van der Waals surface area contributed by atoms with Crippen LogP contribution in [-0.2, 0) is 9.84 Å². The predicted octanol–water partition coefficient (Wildman–Crippen LogP) is 0.879. The van der Waals surface area contributed by atoms with Gasteiger partial charge < -0.3 is 5.32 Å². The second-order valence-electron chi connectivity index (χ2n) is 5.11. The molecule has 0 aliphatic carbocycles. The molecule has 7 nitrogen and oxygen atoms in total. The summed E-state index contributed by atoms with van der Waals surface area (Å²) in [5.41, 5.74) is 0.590. The zero-order valence-corrected chi connectivity index (χ0v) is 13.6. The molecule has 124 valence electrons. The van der Waals surface area contributed by atoms with Gasteiger partial charge in [0.05, 0.1) is 11.4 Å². The Bertz CT molecular complexity index is 800. The molecule has 1 heterocycles. The fourth-order valence-electron chi connectivity index (χ4n) is 1.93. The van der Waals surface area contributed by atoms with Crippen LogP contribution in [0, 0.1) is 12.7 Å². The number of nitrogens with zero attached hydrogens (tertiary/aromatic N) is 3. The van der Waals surface area contributed by atoms with Crippen LogP contribution >= 0.6 is 0 Å². The number of amides is 1. The van der Waals surface area contributed by atoms with Crippen molar-refractivity contribution in [1.82, 2.24) is 20.1 Å². The molecule has 0 radical (unpaired) electrons. The van der Waals surface area contributed by atoms with Gasteiger partial charge in [-0.15, -0.1) is 5.10 Å². The van der Waals surface area contributed by atoms with E-state index in [0.717, 1.165) is 6.26 Å². The standard InChI is InChI=1S/C14H17FN4O3S/c1-10-17-13(14(20)16-8-3-9-23(2,21)22)18-19(10)12-6-4-11(15)5-7-12/h4-7H,3,8-9H2,1-2H3,(H,16,20). The molecule has 2 aromatic rings. The molecule has 0 unspecified atom stereocenters. The number of sulfone groups is 1. The maximum atomic E-state index is 12.9. The van der Waals surface area contributed by atoms with Crippen molar-refractivity contribution in [3.8, 4) is 5.69 Å². The highest BCUT2D eigenvalue weighted by molar-refractivity contribution is 7.90. The average molecular weight is 340 g/mol. The quantitative estimate of drug-likeness (QED) is 0.788. The lowest BCUT2D eigenvalue weighted by molar-refractivity contribution is 0.0943. The number of aryl methyl sites for hydroxylation is 1. The minimum absolute atomic E-state index is 0.00373. The highest BCUT2D eigenvalue weighted by Crippen LogP contribution is 2.10. The molecule has 1 aromatic carbocycles. The number of aromatic nitrogens is 3. The van der Waals surface area contributed by atoms with E-state index in [4.69, 9.17) is 0 Å². The molecular formula is C14H17FN4O3S. The molecule has 0 saturated heterocycles. The van der Waals surface area contributed by atoms with Gasteiger partial charge in [0.2, 0.25) is 5.82 Å². The number of halogens is 1. The maximum absolute atomic E-state index is 12.9. The van der Waals surface area contributed by atoms with Crippen molar-refractivity contribution in [3.63, 3.8) is 0 Å². The number of hydrogen-bond acceptors (Lipinski definition) is 5. The summed E-state index contributed by atoms with van der Waals surface area (Å²) in [5, 5.41) is 6.66. The minimum Gasteiger partial charge on any atom is -0.349 e. The topological polar surface area (TPSA) is 93.9 Å². The fourth-order valence-corrected chi connectivity index (χ4v) is 2.60. The first kappa shape index (κ1) is 17.1. The second kappa shape index (κ2) is 6.86. The summed E-state index contributed by atoms with van der Waals surface area (Å²) in [6.45, 7) is 1.90. The molecule has 1 amide bonds. The van der Waals surface area contributed by atoms with Crippen LogP contribution in [0.1, 0.15) is 22.9 Å². The van der Waals surface area contributed by atoms with E-state index < -0.39 is 15.7 Å². The van der Waals surface area contributed by atoms with Crippen LogP contribution in [0.25, 0.3) is 5.69 Å². The first-order valence-corrected chi connectivity index (χ1v) is 8.98. The molecule has 0 atom stereocenters. The van der Waals surface area contributed by atoms with Gasteiger partial charge in [-0.1, -0.05) is 0 Å². The zero-order valence-electron chi connectivity index (χ0n) is 12.8. The van der Waals surface area contributed by atoms with Gasteiger partial charge in [-0.3, -0.25) is 4.79 Å². The Morgan fingerprint density at radius 3 is 2.57 bits per heavy atom. The van der Waals surface area contributed by atoms with Gasteiger partial charge in [0.25, 0.3) is 5.91 Å². The fraction of sp³-hybridized carbons (Fsp3) is 0.357. The van der Waals surface area contributed by atoms with Gasteiger partial charge in [0, 0.05) is 12.8 Å². The van der Waals surface area contributed by atoms with Crippen molar-refractivity contribution in [3.05, 3.63) is 41.7 Å². The lowest BCUT2D eigenvalue weighted by Gasteiger charge is -2.02. The smallest absolute Gasteiger partial charge is 0.290 e. The Balaban J connectivity index is 2.02. The van der Waals surface area contributed by atoms with E-state index in [9.17, 15) is 17.6 Å². The third-order valence-electron chi connectivity index (χ3n) is 3.02. The van der Waals surface area contributed by atoms with E-state index in [-0.39, 0.29) is 23.9 Å². The van der Waals surface area contributed by atoms with E-state index >= 15 is 0 Å². The number of nitrogens with one attached hydrogen (secondary N) is 1. The largest absolute Gasteiger partial charge is 0.349 e. The van der Waals surface area contributed by atoms with Gasteiger partial charge in [0.15, 0.2) is 0 Å². The van der Waals surface area contributed by atoms with Crippen LogP contribution in [0.3, 0.4) is 0 Å². The summed E-state index contributed by atoms with van der Waals surface area (Å²) in [5.74, 6) is -0.383. The minimum atomic E-state index is -3.05. The molecule has 0 spiro atoms. The molecule has 2 rings (SSSR count). The number of carbonyl (C=O) groups excluding carboxylic acids is 1. The summed E-state index contributed by atoms with van der Waals surface area (Å²) in [6, 6.07) is 5.65. The molecule has 23 heavy (non-hydrogen) atoms. The summed E-state index contributed by atoms with van der Waals surface area (Å²) in [7, 11) is -3.05. The van der Waals surface area contributed by atoms with Gasteiger partial charge in [-0.05, 0) is 37.6 Å². The van der Waals surface area contributed by atoms with Crippen LogP contribution in [0.5, 0.6) is 0 Å². The summed E-state index contributed by atoms with van der Waals surface area (Å²) in [4.78, 5) is 16.0. The molecule has 1 N–H and O–H groups in total. The molecule has 0 aliphatic rings. The summed E-state index contributed by atoms with van der Waals surface area (Å²) < 4.78 is 36.4. The van der Waals surface area contributed by atoms with E-state index in [1.165, 1.54) is 28.9 Å². The lowest BCUT2D eigenvalue weighted by atomic mass is 10.3. The molecule has 1 aromatic heterocycles. The van der Waals surface area contributed by atoms with Crippen molar-refractivity contribution in [2.45, 2.75) is 13.3 Å². The Labute approximate surface area is 133 Å². The number of hydrogen-bond donors (Lipinski definition) is 1. The Morgan fingerprint density at radius 1 is 1.30 bits per heavy atom. The van der Waals surface area contributed by atoms with Crippen LogP contribution in [0.15, 0.2) is 24.3 Å². The molecule has 0 saturated carbocycles. The van der Waals surface area contributed by atoms with Crippen molar-refractivity contribution in [1.29, 1.82) is 0 Å². The van der Waals surface area contributed by atoms with Crippen molar-refractivity contribution in [2.24, 2.45) is 0 Å². The third kappa shape index (κ3) is 4.85. The van der Waals surface area contributed by atoms with E-state index in [1.54, 1.807) is 6.92 Å². The molecule has 0 bridgehead atoms. The van der Waals surface area contributed by atoms with Gasteiger partial charge in [0.1, 0.15) is 21.5 Å². The van der Waals surface area contributed by atoms with Crippen molar-refractivity contribution < 1.29 is 17.6 Å². The molecule has 0 aliphatic heterocycles. The highest BCUT2D eigenvalue weighted by Gasteiger charge is 2.15. The number of benzene rings is 1. The Hall–Kier alpha value is -2.29. The van der Waals surface area contributed by atoms with Crippen LogP contribution < -0.4 is 5.32 Å². The Morgan fingerprint density at radius 2 is 1.96 bits per heavy atom. The first-order chi connectivity index (χ1) is 10.8.